The Morgan fingerprint density at radius 3 is 2.52 bits per heavy atom. The molecule has 0 radical (unpaired) electrons. The van der Waals surface area contributed by atoms with E-state index in [1.165, 1.54) is 10.1 Å². The summed E-state index contributed by atoms with van der Waals surface area (Å²) in [7, 11) is 0. The average molecular weight is 301 g/mol. The van der Waals surface area contributed by atoms with E-state index in [4.69, 9.17) is 4.98 Å². The molecule has 0 atom stereocenters. The molecule has 23 heavy (non-hydrogen) atoms. The van der Waals surface area contributed by atoms with Crippen molar-refractivity contribution in [3.05, 3.63) is 82.8 Å². The third-order valence-corrected chi connectivity index (χ3v) is 3.90. The van der Waals surface area contributed by atoms with E-state index >= 15 is 0 Å². The van der Waals surface area contributed by atoms with Crippen LogP contribution in [0.2, 0.25) is 0 Å². The summed E-state index contributed by atoms with van der Waals surface area (Å²) < 4.78 is 1.48. The van der Waals surface area contributed by atoms with Gasteiger partial charge in [0.1, 0.15) is 0 Å². The minimum atomic E-state index is -0.118. The molecule has 112 valence electrons. The SMILES string of the molecule is Cc1cccc(-c2c[nH]n3c(=O)cc(-c4ccccc4)nc23)c1. The summed E-state index contributed by atoms with van der Waals surface area (Å²) in [5.41, 5.74) is 5.27. The molecule has 0 fully saturated rings. The molecule has 0 unspecified atom stereocenters. The molecule has 0 amide bonds. The van der Waals surface area contributed by atoms with Crippen LogP contribution in [0.5, 0.6) is 0 Å². The number of aryl methyl sites for hydroxylation is 1. The second-order valence-corrected chi connectivity index (χ2v) is 5.56. The molecule has 0 aliphatic heterocycles. The monoisotopic (exact) mass is 301 g/mol. The summed E-state index contributed by atoms with van der Waals surface area (Å²) in [4.78, 5) is 17.1. The van der Waals surface area contributed by atoms with E-state index in [0.717, 1.165) is 16.7 Å². The van der Waals surface area contributed by atoms with Crippen molar-refractivity contribution in [1.29, 1.82) is 0 Å². The van der Waals surface area contributed by atoms with E-state index in [-0.39, 0.29) is 5.56 Å². The van der Waals surface area contributed by atoms with E-state index in [0.29, 0.717) is 11.3 Å². The molecule has 2 aromatic heterocycles. The number of aromatic nitrogens is 3. The van der Waals surface area contributed by atoms with Gasteiger partial charge in [-0.1, -0.05) is 60.2 Å². The fourth-order valence-electron chi connectivity index (χ4n) is 2.76. The summed E-state index contributed by atoms with van der Waals surface area (Å²) in [6.07, 6.45) is 1.83. The van der Waals surface area contributed by atoms with E-state index < -0.39 is 0 Å². The van der Waals surface area contributed by atoms with Crippen molar-refractivity contribution in [2.75, 3.05) is 0 Å². The number of H-pyrrole nitrogens is 1. The number of aromatic amines is 1. The first-order valence-corrected chi connectivity index (χ1v) is 7.46. The van der Waals surface area contributed by atoms with Gasteiger partial charge in [-0.25, -0.2) is 9.50 Å². The van der Waals surface area contributed by atoms with Crippen LogP contribution in [0, 0.1) is 6.92 Å². The average Bonchev–Trinajstić information content (AvgIpc) is 3.00. The van der Waals surface area contributed by atoms with Crippen molar-refractivity contribution in [2.45, 2.75) is 6.92 Å². The van der Waals surface area contributed by atoms with Gasteiger partial charge in [-0.3, -0.25) is 9.89 Å². The maximum absolute atomic E-state index is 12.4. The highest BCUT2D eigenvalue weighted by atomic mass is 16.1. The maximum atomic E-state index is 12.4. The van der Waals surface area contributed by atoms with Gasteiger partial charge >= 0.3 is 0 Å². The zero-order valence-corrected chi connectivity index (χ0v) is 12.7. The van der Waals surface area contributed by atoms with E-state index in [9.17, 15) is 4.79 Å². The van der Waals surface area contributed by atoms with E-state index in [1.54, 1.807) is 6.07 Å². The Labute approximate surface area is 133 Å². The van der Waals surface area contributed by atoms with Crippen LogP contribution in [-0.4, -0.2) is 14.6 Å². The van der Waals surface area contributed by atoms with Gasteiger partial charge in [0.2, 0.25) is 0 Å². The van der Waals surface area contributed by atoms with Gasteiger partial charge in [0.05, 0.1) is 5.69 Å². The van der Waals surface area contributed by atoms with Gasteiger partial charge in [0, 0.05) is 23.4 Å². The Kier molecular flexibility index (Phi) is 3.08. The number of rotatable bonds is 2. The van der Waals surface area contributed by atoms with Gasteiger partial charge in [-0.2, -0.15) is 0 Å². The van der Waals surface area contributed by atoms with Gasteiger partial charge in [0.15, 0.2) is 5.65 Å². The number of hydrogen-bond donors (Lipinski definition) is 1. The largest absolute Gasteiger partial charge is 0.296 e. The number of nitrogens with one attached hydrogen (secondary N) is 1. The zero-order chi connectivity index (χ0) is 15.8. The second-order valence-electron chi connectivity index (χ2n) is 5.56. The first kappa shape index (κ1) is 13.5. The Hall–Kier alpha value is -3.14. The van der Waals surface area contributed by atoms with Crippen LogP contribution in [0.3, 0.4) is 0 Å². The summed E-state index contributed by atoms with van der Waals surface area (Å²) in [5.74, 6) is 0. The van der Waals surface area contributed by atoms with Crippen LogP contribution < -0.4 is 5.56 Å². The molecule has 2 aromatic carbocycles. The van der Waals surface area contributed by atoms with Crippen LogP contribution in [0.1, 0.15) is 5.56 Å². The molecule has 4 aromatic rings. The summed E-state index contributed by atoms with van der Waals surface area (Å²) in [5, 5.41) is 2.99. The molecular weight excluding hydrogens is 286 g/mol. The molecule has 0 saturated heterocycles. The van der Waals surface area contributed by atoms with Crippen molar-refractivity contribution in [3.63, 3.8) is 0 Å². The molecule has 0 aliphatic carbocycles. The molecule has 4 rings (SSSR count). The van der Waals surface area contributed by atoms with Gasteiger partial charge in [-0.15, -0.1) is 0 Å². The predicted molar refractivity (Wildman–Crippen MR) is 91.4 cm³/mol. The lowest BCUT2D eigenvalue weighted by molar-refractivity contribution is 0.901. The Balaban J connectivity index is 1.98. The summed E-state index contributed by atoms with van der Waals surface area (Å²) >= 11 is 0. The van der Waals surface area contributed by atoms with Crippen molar-refractivity contribution < 1.29 is 0 Å². The van der Waals surface area contributed by atoms with Gasteiger partial charge in [-0.05, 0) is 12.5 Å². The maximum Gasteiger partial charge on any atom is 0.273 e. The molecule has 4 nitrogen and oxygen atoms in total. The number of hydrogen-bond acceptors (Lipinski definition) is 2. The first-order valence-electron chi connectivity index (χ1n) is 7.46. The molecule has 4 heteroatoms. The van der Waals surface area contributed by atoms with Crippen LogP contribution in [0.4, 0.5) is 0 Å². The smallest absolute Gasteiger partial charge is 0.273 e. The standard InChI is InChI=1S/C19H15N3O/c1-13-6-5-9-15(10-13)16-12-20-22-18(23)11-17(21-19(16)22)14-7-3-2-4-8-14/h2-12,20H,1H3. The minimum Gasteiger partial charge on any atom is -0.296 e. The number of benzene rings is 2. The molecule has 2 heterocycles. The quantitative estimate of drug-likeness (QED) is 0.614. The third-order valence-electron chi connectivity index (χ3n) is 3.90. The van der Waals surface area contributed by atoms with Crippen molar-refractivity contribution in [3.8, 4) is 22.4 Å². The fraction of sp³-hybridized carbons (Fsp3) is 0.0526. The minimum absolute atomic E-state index is 0.118. The lowest BCUT2D eigenvalue weighted by Gasteiger charge is -2.03. The highest BCUT2D eigenvalue weighted by molar-refractivity contribution is 5.78. The summed E-state index contributed by atoms with van der Waals surface area (Å²) in [6, 6.07) is 19.5. The number of fused-ring (bicyclic) bond motifs is 1. The molecule has 0 spiro atoms. The van der Waals surface area contributed by atoms with Crippen molar-refractivity contribution in [2.24, 2.45) is 0 Å². The lowest BCUT2D eigenvalue weighted by Crippen LogP contribution is -2.14. The van der Waals surface area contributed by atoms with Crippen molar-refractivity contribution >= 4 is 5.65 Å². The topological polar surface area (TPSA) is 50.2 Å². The zero-order valence-electron chi connectivity index (χ0n) is 12.7. The molecule has 0 bridgehead atoms. The second kappa shape index (κ2) is 5.25. The van der Waals surface area contributed by atoms with Crippen LogP contribution in [0.15, 0.2) is 71.7 Å². The molecule has 1 N–H and O–H groups in total. The van der Waals surface area contributed by atoms with Gasteiger partial charge < -0.3 is 0 Å². The normalized spacial score (nSPS) is 11.0. The molecule has 0 saturated carbocycles. The summed E-state index contributed by atoms with van der Waals surface area (Å²) in [6.45, 7) is 2.05. The molecular formula is C19H15N3O. The lowest BCUT2D eigenvalue weighted by atomic mass is 10.1. The fourth-order valence-corrected chi connectivity index (χ4v) is 2.76. The van der Waals surface area contributed by atoms with Crippen LogP contribution >= 0.6 is 0 Å². The van der Waals surface area contributed by atoms with Crippen molar-refractivity contribution in [1.82, 2.24) is 14.6 Å². The van der Waals surface area contributed by atoms with E-state index in [1.807, 2.05) is 61.7 Å². The molecule has 0 aliphatic rings. The van der Waals surface area contributed by atoms with Crippen LogP contribution in [0.25, 0.3) is 28.0 Å². The van der Waals surface area contributed by atoms with E-state index in [2.05, 4.69) is 11.2 Å². The number of nitrogens with zero attached hydrogens (tertiary/aromatic N) is 2. The third kappa shape index (κ3) is 2.34. The Morgan fingerprint density at radius 2 is 1.74 bits per heavy atom. The van der Waals surface area contributed by atoms with Gasteiger partial charge in [0.25, 0.3) is 5.56 Å². The van der Waals surface area contributed by atoms with Crippen LogP contribution in [-0.2, 0) is 0 Å². The Bertz CT molecular complexity index is 1050. The highest BCUT2D eigenvalue weighted by Gasteiger charge is 2.11. The highest BCUT2D eigenvalue weighted by Crippen LogP contribution is 2.25. The first-order chi connectivity index (χ1) is 11.2. The Morgan fingerprint density at radius 1 is 0.957 bits per heavy atom. The predicted octanol–water partition coefficient (Wildman–Crippen LogP) is 3.67.